The maximum Gasteiger partial charge on any atom is 0.306 e. The number of esters is 1. The Kier molecular flexibility index (Phi) is 7.88. The van der Waals surface area contributed by atoms with Crippen molar-refractivity contribution in [1.82, 2.24) is 5.01 Å². The van der Waals surface area contributed by atoms with Gasteiger partial charge in [-0.1, -0.05) is 12.1 Å². The molecular weight excluding hydrogens is 438 g/mol. The molecule has 1 unspecified atom stereocenters. The molecule has 1 N–H and O–H groups in total. The van der Waals surface area contributed by atoms with E-state index in [-0.39, 0.29) is 17.8 Å². The molecule has 1 fully saturated rings. The van der Waals surface area contributed by atoms with Gasteiger partial charge in [0.15, 0.2) is 0 Å². The van der Waals surface area contributed by atoms with Crippen LogP contribution in [0.1, 0.15) is 34.8 Å². The molecule has 0 spiro atoms. The Bertz CT molecular complexity index is 1000. The number of ether oxygens (including phenoxy) is 2. The van der Waals surface area contributed by atoms with Gasteiger partial charge in [0.1, 0.15) is 5.75 Å². The maximum absolute atomic E-state index is 12.7. The molecule has 0 radical (unpaired) electrons. The van der Waals surface area contributed by atoms with Crippen molar-refractivity contribution in [3.63, 3.8) is 0 Å². The Morgan fingerprint density at radius 2 is 2.00 bits per heavy atom. The van der Waals surface area contributed by atoms with E-state index < -0.39 is 0 Å². The zero-order valence-electron chi connectivity index (χ0n) is 18.8. The van der Waals surface area contributed by atoms with E-state index in [1.807, 2.05) is 48.3 Å². The topological polar surface area (TPSA) is 80.2 Å². The van der Waals surface area contributed by atoms with Crippen molar-refractivity contribution >= 4 is 35.5 Å². The number of rotatable bonds is 7. The summed E-state index contributed by atoms with van der Waals surface area (Å²) in [6, 6.07) is 13.0. The van der Waals surface area contributed by atoms with Gasteiger partial charge in [-0.25, -0.2) is 0 Å². The summed E-state index contributed by atoms with van der Waals surface area (Å²) >= 11 is 1.95. The van der Waals surface area contributed by atoms with Gasteiger partial charge in [-0.2, -0.15) is 16.9 Å². The lowest BCUT2D eigenvalue weighted by Crippen LogP contribution is -2.27. The Morgan fingerprint density at radius 3 is 2.76 bits per heavy atom. The normalized spacial score (nSPS) is 17.8. The van der Waals surface area contributed by atoms with Crippen LogP contribution in [0.4, 0.5) is 5.69 Å². The second-order valence-corrected chi connectivity index (χ2v) is 9.32. The molecule has 2 aromatic rings. The standard InChI is InChI=1S/C25H29N3O4S/c1-2-31-24(29)14-19-13-21-15-22(7-8-23(21)32-17-19)27-25(30)20-5-3-18(4-6-20)16-26-28-9-11-33-12-10-28/h3-8,15-16,19H,2,9-14,17H2,1H3,(H,27,30)/b26-16+. The smallest absolute Gasteiger partial charge is 0.306 e. The van der Waals surface area contributed by atoms with E-state index in [4.69, 9.17) is 9.47 Å². The summed E-state index contributed by atoms with van der Waals surface area (Å²) in [6.07, 6.45) is 2.88. The van der Waals surface area contributed by atoms with Crippen LogP contribution in [0.2, 0.25) is 0 Å². The number of benzene rings is 2. The van der Waals surface area contributed by atoms with Gasteiger partial charge in [0.05, 0.1) is 25.8 Å². The third-order valence-corrected chi connectivity index (χ3v) is 6.54. The molecule has 2 aromatic carbocycles. The fraction of sp³-hybridized carbons (Fsp3) is 0.400. The lowest BCUT2D eigenvalue weighted by molar-refractivity contribution is -0.144. The number of nitrogens with zero attached hydrogens (tertiary/aromatic N) is 2. The molecule has 1 amide bonds. The van der Waals surface area contributed by atoms with E-state index in [0.717, 1.165) is 41.5 Å². The molecule has 2 heterocycles. The lowest BCUT2D eigenvalue weighted by atomic mass is 9.93. The van der Waals surface area contributed by atoms with Crippen LogP contribution >= 0.6 is 11.8 Å². The molecule has 4 rings (SSSR count). The number of thioether (sulfide) groups is 1. The lowest BCUT2D eigenvalue weighted by Gasteiger charge is -2.25. The number of nitrogens with one attached hydrogen (secondary N) is 1. The number of hydrogen-bond donors (Lipinski definition) is 1. The molecule has 174 valence electrons. The zero-order chi connectivity index (χ0) is 23.0. The van der Waals surface area contributed by atoms with E-state index in [0.29, 0.717) is 37.3 Å². The molecule has 0 aromatic heterocycles. The number of hydrazone groups is 1. The van der Waals surface area contributed by atoms with Crippen molar-refractivity contribution in [2.75, 3.05) is 43.1 Å². The van der Waals surface area contributed by atoms with Crippen molar-refractivity contribution in [2.24, 2.45) is 11.0 Å². The van der Waals surface area contributed by atoms with Gasteiger partial charge in [0.2, 0.25) is 0 Å². The summed E-state index contributed by atoms with van der Waals surface area (Å²) in [4.78, 5) is 24.5. The Balaban J connectivity index is 1.35. The van der Waals surface area contributed by atoms with Crippen molar-refractivity contribution in [3.05, 3.63) is 59.2 Å². The van der Waals surface area contributed by atoms with Gasteiger partial charge in [-0.3, -0.25) is 14.6 Å². The first-order valence-corrected chi connectivity index (χ1v) is 12.5. The molecule has 1 atom stereocenters. The number of amides is 1. The molecule has 0 saturated carbocycles. The van der Waals surface area contributed by atoms with E-state index in [1.54, 1.807) is 19.1 Å². The number of carbonyl (C=O) groups excluding carboxylic acids is 2. The SMILES string of the molecule is CCOC(=O)CC1COc2ccc(NC(=O)c3ccc(/C=N/N4CCSCC4)cc3)cc2C1. The molecule has 7 nitrogen and oxygen atoms in total. The highest BCUT2D eigenvalue weighted by Gasteiger charge is 2.23. The van der Waals surface area contributed by atoms with Gasteiger partial charge < -0.3 is 14.8 Å². The third kappa shape index (κ3) is 6.51. The monoisotopic (exact) mass is 467 g/mol. The molecule has 2 aliphatic heterocycles. The summed E-state index contributed by atoms with van der Waals surface area (Å²) in [5, 5.41) is 9.56. The van der Waals surface area contributed by atoms with E-state index in [2.05, 4.69) is 15.4 Å². The van der Waals surface area contributed by atoms with E-state index in [9.17, 15) is 9.59 Å². The van der Waals surface area contributed by atoms with Crippen LogP contribution in [-0.2, 0) is 16.0 Å². The molecule has 2 aliphatic rings. The van der Waals surface area contributed by atoms with Crippen LogP contribution in [0.3, 0.4) is 0 Å². The molecule has 1 saturated heterocycles. The second-order valence-electron chi connectivity index (χ2n) is 8.10. The van der Waals surface area contributed by atoms with E-state index in [1.165, 1.54) is 0 Å². The number of hydrogen-bond acceptors (Lipinski definition) is 7. The molecular formula is C25H29N3O4S. The van der Waals surface area contributed by atoms with Crippen LogP contribution in [0, 0.1) is 5.92 Å². The highest BCUT2D eigenvalue weighted by atomic mass is 32.2. The fourth-order valence-electron chi connectivity index (χ4n) is 3.86. The molecule has 8 heteroatoms. The average molecular weight is 468 g/mol. The summed E-state index contributed by atoms with van der Waals surface area (Å²) in [7, 11) is 0. The minimum atomic E-state index is -0.206. The van der Waals surface area contributed by atoms with Crippen molar-refractivity contribution in [3.8, 4) is 5.75 Å². The van der Waals surface area contributed by atoms with Gasteiger partial charge in [-0.15, -0.1) is 0 Å². The predicted octanol–water partition coefficient (Wildman–Crippen LogP) is 3.83. The zero-order valence-corrected chi connectivity index (χ0v) is 19.6. The van der Waals surface area contributed by atoms with Crippen LogP contribution in [0.5, 0.6) is 5.75 Å². The first-order valence-electron chi connectivity index (χ1n) is 11.3. The summed E-state index contributed by atoms with van der Waals surface area (Å²) < 4.78 is 10.9. The Morgan fingerprint density at radius 1 is 1.21 bits per heavy atom. The van der Waals surface area contributed by atoms with E-state index >= 15 is 0 Å². The number of fused-ring (bicyclic) bond motifs is 1. The van der Waals surface area contributed by atoms with Crippen LogP contribution in [-0.4, -0.2) is 60.9 Å². The van der Waals surface area contributed by atoms with Crippen LogP contribution in [0.15, 0.2) is 47.6 Å². The second kappa shape index (κ2) is 11.2. The summed E-state index contributed by atoms with van der Waals surface area (Å²) in [6.45, 7) is 4.61. The highest BCUT2D eigenvalue weighted by molar-refractivity contribution is 7.99. The average Bonchev–Trinajstić information content (AvgIpc) is 2.83. The molecule has 33 heavy (non-hydrogen) atoms. The molecule has 0 bridgehead atoms. The quantitative estimate of drug-likeness (QED) is 0.493. The Labute approximate surface area is 198 Å². The highest BCUT2D eigenvalue weighted by Crippen LogP contribution is 2.31. The Hall–Kier alpha value is -3.00. The minimum absolute atomic E-state index is 0.0698. The van der Waals surface area contributed by atoms with Crippen LogP contribution < -0.4 is 10.1 Å². The van der Waals surface area contributed by atoms with Crippen molar-refractivity contribution in [2.45, 2.75) is 19.8 Å². The van der Waals surface area contributed by atoms with Gasteiger partial charge >= 0.3 is 5.97 Å². The first kappa shape index (κ1) is 23.2. The summed E-state index contributed by atoms with van der Waals surface area (Å²) in [5.41, 5.74) is 3.22. The number of anilines is 1. The largest absolute Gasteiger partial charge is 0.493 e. The molecule has 0 aliphatic carbocycles. The van der Waals surface area contributed by atoms with Crippen LogP contribution in [0.25, 0.3) is 0 Å². The van der Waals surface area contributed by atoms with Crippen molar-refractivity contribution in [1.29, 1.82) is 0 Å². The van der Waals surface area contributed by atoms with Gasteiger partial charge in [0.25, 0.3) is 5.91 Å². The third-order valence-electron chi connectivity index (χ3n) is 5.59. The first-order chi connectivity index (χ1) is 16.1. The fourth-order valence-corrected chi connectivity index (χ4v) is 4.75. The summed E-state index contributed by atoms with van der Waals surface area (Å²) in [5.74, 6) is 2.70. The number of carbonyl (C=O) groups is 2. The minimum Gasteiger partial charge on any atom is -0.493 e. The van der Waals surface area contributed by atoms with Crippen molar-refractivity contribution < 1.29 is 19.1 Å². The van der Waals surface area contributed by atoms with Gasteiger partial charge in [-0.05, 0) is 54.8 Å². The predicted molar refractivity (Wildman–Crippen MR) is 131 cm³/mol. The van der Waals surface area contributed by atoms with Gasteiger partial charge in [0, 0.05) is 41.8 Å². The maximum atomic E-state index is 12.7.